The van der Waals surface area contributed by atoms with Gasteiger partial charge in [0.2, 0.25) is 0 Å². The molecule has 0 bridgehead atoms. The molecule has 0 amide bonds. The Morgan fingerprint density at radius 2 is 1.93 bits per heavy atom. The van der Waals surface area contributed by atoms with Gasteiger partial charge in [0, 0.05) is 0 Å². The third kappa shape index (κ3) is 6.42. The van der Waals surface area contributed by atoms with Gasteiger partial charge in [-0.1, -0.05) is 47.0 Å². The molecule has 0 aromatic heterocycles. The first-order valence-corrected chi connectivity index (χ1v) is 6.53. The minimum absolute atomic E-state index is 0.991. The molecule has 1 aliphatic rings. The van der Waals surface area contributed by atoms with E-state index in [4.69, 9.17) is 0 Å². The van der Waals surface area contributed by atoms with E-state index in [1.54, 1.807) is 0 Å². The van der Waals surface area contributed by atoms with Gasteiger partial charge in [0.05, 0.1) is 0 Å². The van der Waals surface area contributed by atoms with Crippen molar-refractivity contribution in [3.05, 3.63) is 0 Å². The Morgan fingerprint density at radius 3 is 2.50 bits per heavy atom. The normalized spacial score (nSPS) is 26.6. The highest BCUT2D eigenvalue weighted by Gasteiger charge is 2.17. The average molecular weight is 199 g/mol. The third-order valence-electron chi connectivity index (χ3n) is 3.02. The summed E-state index contributed by atoms with van der Waals surface area (Å²) in [5.74, 6) is 2.01. The molecule has 1 heteroatoms. The summed E-state index contributed by atoms with van der Waals surface area (Å²) in [6, 6.07) is 0. The van der Waals surface area contributed by atoms with Crippen LogP contribution in [0.2, 0.25) is 0 Å². The quantitative estimate of drug-likeness (QED) is 0.678. The fourth-order valence-electron chi connectivity index (χ4n) is 2.30. The topological polar surface area (TPSA) is 12.0 Å². The maximum absolute atomic E-state index is 3.41. The largest absolute Gasteiger partial charge is 0.317 e. The Kier molecular flexibility index (Phi) is 9.49. The van der Waals surface area contributed by atoms with Crippen molar-refractivity contribution in [1.29, 1.82) is 0 Å². The second kappa shape index (κ2) is 9.51. The Bertz CT molecular complexity index is 112. The van der Waals surface area contributed by atoms with E-state index in [9.17, 15) is 0 Å². The number of nitrogens with one attached hydrogen (secondary N) is 1. The summed E-state index contributed by atoms with van der Waals surface area (Å²) in [5.41, 5.74) is 0. The molecule has 14 heavy (non-hydrogen) atoms. The SMILES string of the molecule is CC.CCNCC[C@H]1CCCC(C)C1. The van der Waals surface area contributed by atoms with Crippen LogP contribution in [0.3, 0.4) is 0 Å². The van der Waals surface area contributed by atoms with Gasteiger partial charge in [-0.25, -0.2) is 0 Å². The fraction of sp³-hybridized carbons (Fsp3) is 1.00. The average Bonchev–Trinajstić information content (AvgIpc) is 2.21. The molecule has 1 unspecified atom stereocenters. The minimum atomic E-state index is 0.991. The van der Waals surface area contributed by atoms with Gasteiger partial charge in [0.15, 0.2) is 0 Å². The van der Waals surface area contributed by atoms with E-state index in [0.29, 0.717) is 0 Å². The van der Waals surface area contributed by atoms with Gasteiger partial charge in [0.1, 0.15) is 0 Å². The molecule has 0 aromatic carbocycles. The molecule has 2 atom stereocenters. The lowest BCUT2D eigenvalue weighted by molar-refractivity contribution is 0.268. The fourth-order valence-corrected chi connectivity index (χ4v) is 2.30. The van der Waals surface area contributed by atoms with Crippen LogP contribution in [0.25, 0.3) is 0 Å². The standard InChI is InChI=1S/C11H23N.C2H6/c1-3-12-8-7-11-6-4-5-10(2)9-11;1-2/h10-12H,3-9H2,1-2H3;1-2H3/t10?,11-;/m1./s1. The highest BCUT2D eigenvalue weighted by molar-refractivity contribution is 4.70. The number of hydrogen-bond acceptors (Lipinski definition) is 1. The van der Waals surface area contributed by atoms with Crippen LogP contribution in [0.5, 0.6) is 0 Å². The zero-order valence-corrected chi connectivity index (χ0v) is 10.6. The monoisotopic (exact) mass is 199 g/mol. The van der Waals surface area contributed by atoms with Crippen molar-refractivity contribution in [3.63, 3.8) is 0 Å². The molecular formula is C13H29N. The lowest BCUT2D eigenvalue weighted by Crippen LogP contribution is -2.20. The van der Waals surface area contributed by atoms with Crippen LogP contribution < -0.4 is 5.32 Å². The van der Waals surface area contributed by atoms with Gasteiger partial charge < -0.3 is 5.32 Å². The Balaban J connectivity index is 0.000000791. The summed E-state index contributed by atoms with van der Waals surface area (Å²) in [4.78, 5) is 0. The van der Waals surface area contributed by atoms with Gasteiger partial charge in [-0.2, -0.15) is 0 Å². The highest BCUT2D eigenvalue weighted by Crippen LogP contribution is 2.30. The van der Waals surface area contributed by atoms with E-state index in [0.717, 1.165) is 18.4 Å². The van der Waals surface area contributed by atoms with Crippen molar-refractivity contribution in [3.8, 4) is 0 Å². The maximum Gasteiger partial charge on any atom is -0.00464 e. The molecule has 86 valence electrons. The van der Waals surface area contributed by atoms with Crippen molar-refractivity contribution in [2.45, 2.75) is 59.8 Å². The van der Waals surface area contributed by atoms with Crippen LogP contribution in [-0.2, 0) is 0 Å². The van der Waals surface area contributed by atoms with Crippen LogP contribution in [-0.4, -0.2) is 13.1 Å². The molecule has 0 aliphatic heterocycles. The first-order valence-electron chi connectivity index (χ1n) is 6.53. The summed E-state index contributed by atoms with van der Waals surface area (Å²) in [6.45, 7) is 10.9. The molecule has 1 nitrogen and oxygen atoms in total. The molecule has 1 fully saturated rings. The van der Waals surface area contributed by atoms with Crippen molar-refractivity contribution in [1.82, 2.24) is 5.32 Å². The number of hydrogen-bond donors (Lipinski definition) is 1. The van der Waals surface area contributed by atoms with Gasteiger partial charge in [0.25, 0.3) is 0 Å². The van der Waals surface area contributed by atoms with Crippen molar-refractivity contribution in [2.24, 2.45) is 11.8 Å². The van der Waals surface area contributed by atoms with Gasteiger partial charge in [-0.3, -0.25) is 0 Å². The third-order valence-corrected chi connectivity index (χ3v) is 3.02. The summed E-state index contributed by atoms with van der Waals surface area (Å²) in [5, 5.41) is 3.41. The van der Waals surface area contributed by atoms with Crippen LogP contribution in [0, 0.1) is 11.8 Å². The Morgan fingerprint density at radius 1 is 1.21 bits per heavy atom. The maximum atomic E-state index is 3.41. The van der Waals surface area contributed by atoms with Crippen molar-refractivity contribution >= 4 is 0 Å². The molecule has 0 heterocycles. The zero-order valence-electron chi connectivity index (χ0n) is 10.6. The first-order chi connectivity index (χ1) is 6.83. The lowest BCUT2D eigenvalue weighted by Gasteiger charge is -2.26. The smallest absolute Gasteiger partial charge is 0.00464 e. The molecule has 0 aromatic rings. The molecular weight excluding hydrogens is 170 g/mol. The van der Waals surface area contributed by atoms with Crippen LogP contribution in [0.4, 0.5) is 0 Å². The first kappa shape index (κ1) is 14.0. The second-order valence-electron chi connectivity index (χ2n) is 4.28. The highest BCUT2D eigenvalue weighted by atomic mass is 14.8. The van der Waals surface area contributed by atoms with E-state index < -0.39 is 0 Å². The Labute approximate surface area is 90.7 Å². The predicted octanol–water partition coefficient (Wildman–Crippen LogP) is 3.84. The van der Waals surface area contributed by atoms with Crippen molar-refractivity contribution < 1.29 is 0 Å². The van der Waals surface area contributed by atoms with Crippen LogP contribution in [0.1, 0.15) is 59.8 Å². The van der Waals surface area contributed by atoms with E-state index in [-0.39, 0.29) is 0 Å². The molecule has 0 radical (unpaired) electrons. The summed E-state index contributed by atoms with van der Waals surface area (Å²) in [6.07, 6.45) is 7.30. The van der Waals surface area contributed by atoms with Crippen LogP contribution in [0.15, 0.2) is 0 Å². The zero-order chi connectivity index (χ0) is 10.8. The van der Waals surface area contributed by atoms with E-state index >= 15 is 0 Å². The molecule has 0 spiro atoms. The summed E-state index contributed by atoms with van der Waals surface area (Å²) in [7, 11) is 0. The molecule has 1 rings (SSSR count). The molecule has 0 saturated heterocycles. The molecule has 1 aliphatic carbocycles. The van der Waals surface area contributed by atoms with Crippen LogP contribution >= 0.6 is 0 Å². The second-order valence-corrected chi connectivity index (χ2v) is 4.28. The van der Waals surface area contributed by atoms with E-state index in [1.807, 2.05) is 13.8 Å². The van der Waals surface area contributed by atoms with E-state index in [2.05, 4.69) is 19.2 Å². The van der Waals surface area contributed by atoms with Gasteiger partial charge in [-0.15, -0.1) is 0 Å². The minimum Gasteiger partial charge on any atom is -0.317 e. The number of rotatable bonds is 4. The Hall–Kier alpha value is -0.0400. The lowest BCUT2D eigenvalue weighted by atomic mass is 9.81. The summed E-state index contributed by atoms with van der Waals surface area (Å²) < 4.78 is 0. The molecule has 1 saturated carbocycles. The van der Waals surface area contributed by atoms with Gasteiger partial charge in [-0.05, 0) is 37.8 Å². The van der Waals surface area contributed by atoms with E-state index in [1.165, 1.54) is 38.6 Å². The predicted molar refractivity (Wildman–Crippen MR) is 65.6 cm³/mol. The summed E-state index contributed by atoms with van der Waals surface area (Å²) >= 11 is 0. The molecule has 1 N–H and O–H groups in total. The van der Waals surface area contributed by atoms with Gasteiger partial charge >= 0.3 is 0 Å². The van der Waals surface area contributed by atoms with Crippen molar-refractivity contribution in [2.75, 3.05) is 13.1 Å².